The van der Waals surface area contributed by atoms with Crippen molar-refractivity contribution < 1.29 is 19.1 Å². The van der Waals surface area contributed by atoms with Gasteiger partial charge in [0.05, 0.1) is 13.2 Å². The van der Waals surface area contributed by atoms with Crippen LogP contribution in [0.3, 0.4) is 0 Å². The van der Waals surface area contributed by atoms with Gasteiger partial charge < -0.3 is 9.47 Å². The molecule has 0 radical (unpaired) electrons. The van der Waals surface area contributed by atoms with Gasteiger partial charge in [0.1, 0.15) is 5.78 Å². The molecule has 4 heteroatoms. The van der Waals surface area contributed by atoms with Crippen LogP contribution in [0.25, 0.3) is 0 Å². The first-order valence-corrected chi connectivity index (χ1v) is 6.28. The number of hydrogen-bond donors (Lipinski definition) is 0. The van der Waals surface area contributed by atoms with Crippen LogP contribution >= 0.6 is 0 Å². The second-order valence-electron chi connectivity index (χ2n) is 5.09. The minimum absolute atomic E-state index is 0.0203. The van der Waals surface area contributed by atoms with Gasteiger partial charge in [-0.1, -0.05) is 20.4 Å². The second-order valence-corrected chi connectivity index (χ2v) is 5.09. The molecule has 0 N–H and O–H groups in total. The monoisotopic (exact) mass is 254 g/mol. The van der Waals surface area contributed by atoms with Crippen molar-refractivity contribution in [2.24, 2.45) is 17.8 Å². The lowest BCUT2D eigenvalue weighted by Crippen LogP contribution is -2.26. The fourth-order valence-electron chi connectivity index (χ4n) is 2.07. The minimum atomic E-state index is -0.360. The molecular weight excluding hydrogens is 232 g/mol. The summed E-state index contributed by atoms with van der Waals surface area (Å²) in [6.07, 6.45) is -0.360. The van der Waals surface area contributed by atoms with E-state index in [4.69, 9.17) is 9.47 Å². The average Bonchev–Trinajstić information content (AvgIpc) is 2.66. The first kappa shape index (κ1) is 15.1. The molecule has 0 aromatic rings. The summed E-state index contributed by atoms with van der Waals surface area (Å²) < 4.78 is 11.1. The zero-order valence-corrected chi connectivity index (χ0v) is 11.6. The quantitative estimate of drug-likeness (QED) is 0.680. The highest BCUT2D eigenvalue weighted by atomic mass is 16.7. The number of ketones is 2. The topological polar surface area (TPSA) is 52.6 Å². The molecule has 18 heavy (non-hydrogen) atoms. The summed E-state index contributed by atoms with van der Waals surface area (Å²) in [5.41, 5.74) is 0.559. The van der Waals surface area contributed by atoms with E-state index in [1.165, 1.54) is 6.92 Å². The predicted octanol–water partition coefficient (Wildman–Crippen LogP) is 1.98. The van der Waals surface area contributed by atoms with E-state index in [-0.39, 0.29) is 35.6 Å². The standard InChI is InChI=1S/C14H22O4/c1-8(9(2)11(4)15)6-17-14-10(3)13(7-18-14)12(5)16/h8,10,13-14H,2,6-7H2,1,3-5H3. The number of Topliss-reactive ketones (excluding diaryl/α,β-unsaturated/α-hetero) is 2. The lowest BCUT2D eigenvalue weighted by Gasteiger charge is -2.20. The number of ether oxygens (including phenoxy) is 2. The van der Waals surface area contributed by atoms with Crippen molar-refractivity contribution in [3.05, 3.63) is 12.2 Å². The first-order valence-electron chi connectivity index (χ1n) is 6.28. The molecule has 4 nitrogen and oxygen atoms in total. The molecule has 102 valence electrons. The molecule has 0 saturated carbocycles. The van der Waals surface area contributed by atoms with Gasteiger partial charge in [-0.3, -0.25) is 9.59 Å². The Labute approximate surface area is 108 Å². The van der Waals surface area contributed by atoms with Crippen LogP contribution in [0.4, 0.5) is 0 Å². The van der Waals surface area contributed by atoms with Crippen LogP contribution in [0, 0.1) is 17.8 Å². The van der Waals surface area contributed by atoms with Crippen molar-refractivity contribution in [2.45, 2.75) is 34.0 Å². The van der Waals surface area contributed by atoms with E-state index in [1.807, 2.05) is 13.8 Å². The van der Waals surface area contributed by atoms with Crippen LogP contribution in [-0.4, -0.2) is 31.1 Å². The molecule has 1 fully saturated rings. The Morgan fingerprint density at radius 2 is 2.06 bits per heavy atom. The molecule has 1 heterocycles. The van der Waals surface area contributed by atoms with Crippen LogP contribution < -0.4 is 0 Å². The van der Waals surface area contributed by atoms with Crippen molar-refractivity contribution in [3.63, 3.8) is 0 Å². The second kappa shape index (κ2) is 6.25. The fourth-order valence-corrected chi connectivity index (χ4v) is 2.07. The summed E-state index contributed by atoms with van der Waals surface area (Å²) >= 11 is 0. The Morgan fingerprint density at radius 3 is 2.50 bits per heavy atom. The highest BCUT2D eigenvalue weighted by Crippen LogP contribution is 2.28. The minimum Gasteiger partial charge on any atom is -0.352 e. The Kier molecular flexibility index (Phi) is 5.23. The average molecular weight is 254 g/mol. The van der Waals surface area contributed by atoms with Gasteiger partial charge in [-0.2, -0.15) is 0 Å². The van der Waals surface area contributed by atoms with Gasteiger partial charge >= 0.3 is 0 Å². The number of hydrogen-bond acceptors (Lipinski definition) is 4. The number of rotatable bonds is 6. The van der Waals surface area contributed by atoms with E-state index in [2.05, 4.69) is 6.58 Å². The third-order valence-electron chi connectivity index (χ3n) is 3.58. The van der Waals surface area contributed by atoms with Gasteiger partial charge in [0.2, 0.25) is 0 Å². The summed E-state index contributed by atoms with van der Waals surface area (Å²) in [6, 6.07) is 0. The van der Waals surface area contributed by atoms with E-state index < -0.39 is 0 Å². The van der Waals surface area contributed by atoms with Crippen molar-refractivity contribution in [1.82, 2.24) is 0 Å². The zero-order valence-electron chi connectivity index (χ0n) is 11.6. The molecule has 1 rings (SSSR count). The van der Waals surface area contributed by atoms with Gasteiger partial charge in [0.15, 0.2) is 12.1 Å². The molecule has 4 unspecified atom stereocenters. The zero-order chi connectivity index (χ0) is 13.9. The molecule has 0 aromatic carbocycles. The Balaban J connectivity index is 2.43. The molecule has 1 aliphatic rings. The molecule has 0 aromatic heterocycles. The molecule has 0 amide bonds. The maximum absolute atomic E-state index is 11.3. The highest BCUT2D eigenvalue weighted by Gasteiger charge is 2.37. The third kappa shape index (κ3) is 3.50. The molecule has 1 aliphatic heterocycles. The Bertz CT molecular complexity index is 348. The maximum atomic E-state index is 11.3. The third-order valence-corrected chi connectivity index (χ3v) is 3.58. The molecule has 0 aliphatic carbocycles. The smallest absolute Gasteiger partial charge is 0.160 e. The largest absolute Gasteiger partial charge is 0.352 e. The van der Waals surface area contributed by atoms with Crippen LogP contribution in [0.5, 0.6) is 0 Å². The Hall–Kier alpha value is -1.00. The van der Waals surface area contributed by atoms with Crippen molar-refractivity contribution in [1.29, 1.82) is 0 Å². The highest BCUT2D eigenvalue weighted by molar-refractivity contribution is 5.93. The molecule has 4 atom stereocenters. The van der Waals surface area contributed by atoms with E-state index in [0.717, 1.165) is 0 Å². The van der Waals surface area contributed by atoms with Gasteiger partial charge in [-0.15, -0.1) is 0 Å². The summed E-state index contributed by atoms with van der Waals surface area (Å²) in [4.78, 5) is 22.5. The van der Waals surface area contributed by atoms with Gasteiger partial charge in [0.25, 0.3) is 0 Å². The van der Waals surface area contributed by atoms with Crippen LogP contribution in [0.2, 0.25) is 0 Å². The molecular formula is C14H22O4. The maximum Gasteiger partial charge on any atom is 0.160 e. The van der Waals surface area contributed by atoms with E-state index in [1.54, 1.807) is 6.92 Å². The van der Waals surface area contributed by atoms with Crippen molar-refractivity contribution in [3.8, 4) is 0 Å². The number of carbonyl (C=O) groups excluding carboxylic acids is 2. The fraction of sp³-hybridized carbons (Fsp3) is 0.714. The van der Waals surface area contributed by atoms with E-state index >= 15 is 0 Å². The van der Waals surface area contributed by atoms with Crippen molar-refractivity contribution in [2.75, 3.05) is 13.2 Å². The normalized spacial score (nSPS) is 29.0. The van der Waals surface area contributed by atoms with Crippen LogP contribution in [0.1, 0.15) is 27.7 Å². The van der Waals surface area contributed by atoms with Gasteiger partial charge in [0, 0.05) is 17.8 Å². The van der Waals surface area contributed by atoms with Gasteiger partial charge in [-0.05, 0) is 19.4 Å². The molecule has 1 saturated heterocycles. The first-order chi connectivity index (χ1) is 8.34. The van der Waals surface area contributed by atoms with Gasteiger partial charge in [-0.25, -0.2) is 0 Å². The summed E-state index contributed by atoms with van der Waals surface area (Å²) in [5, 5.41) is 0. The lowest BCUT2D eigenvalue weighted by molar-refractivity contribution is -0.135. The summed E-state index contributed by atoms with van der Waals surface area (Å²) in [5.74, 6) is 0.0548. The van der Waals surface area contributed by atoms with Crippen LogP contribution in [0.15, 0.2) is 12.2 Å². The predicted molar refractivity (Wildman–Crippen MR) is 68.0 cm³/mol. The summed E-state index contributed by atoms with van der Waals surface area (Å²) in [7, 11) is 0. The lowest BCUT2D eigenvalue weighted by atomic mass is 9.93. The number of carbonyl (C=O) groups is 2. The SMILES string of the molecule is C=C(C(C)=O)C(C)COC1OCC(C(C)=O)C1C. The summed E-state index contributed by atoms with van der Waals surface area (Å²) in [6.45, 7) is 11.5. The molecule has 0 spiro atoms. The van der Waals surface area contributed by atoms with Crippen LogP contribution in [-0.2, 0) is 19.1 Å². The van der Waals surface area contributed by atoms with Crippen molar-refractivity contribution >= 4 is 11.6 Å². The molecule has 0 bridgehead atoms. The Morgan fingerprint density at radius 1 is 1.44 bits per heavy atom. The van der Waals surface area contributed by atoms with E-state index in [9.17, 15) is 9.59 Å². The van der Waals surface area contributed by atoms with E-state index in [0.29, 0.717) is 18.8 Å².